The maximum absolute atomic E-state index is 10.7. The van der Waals surface area contributed by atoms with Crippen molar-refractivity contribution in [1.29, 1.82) is 0 Å². The lowest BCUT2D eigenvalue weighted by Gasteiger charge is -2.08. The molecule has 12 heavy (non-hydrogen) atoms. The maximum atomic E-state index is 10.7. The van der Waals surface area contributed by atoms with Crippen LogP contribution in [0.2, 0.25) is 0 Å². The molecule has 0 aromatic carbocycles. The summed E-state index contributed by atoms with van der Waals surface area (Å²) in [7, 11) is 1.27. The van der Waals surface area contributed by atoms with Crippen LogP contribution in [0.3, 0.4) is 0 Å². The summed E-state index contributed by atoms with van der Waals surface area (Å²) in [4.78, 5) is 21.2. The van der Waals surface area contributed by atoms with Gasteiger partial charge in [-0.05, 0) is 0 Å². The molecule has 0 aromatic rings. The Morgan fingerprint density at radius 3 is 2.58 bits per heavy atom. The quantitative estimate of drug-likeness (QED) is 0.465. The van der Waals surface area contributed by atoms with Gasteiger partial charge < -0.3 is 10.1 Å². The number of ether oxygens (including phenoxy) is 1. The van der Waals surface area contributed by atoms with Crippen LogP contribution in [0, 0.1) is 12.3 Å². The zero-order valence-corrected chi connectivity index (χ0v) is 7.09. The number of nitrogens with one attached hydrogen (secondary N) is 1. The van der Waals surface area contributed by atoms with E-state index in [2.05, 4.69) is 16.0 Å². The number of rotatable bonds is 3. The molecule has 66 valence electrons. The molecule has 0 aromatic heterocycles. The first kappa shape index (κ1) is 10.5. The van der Waals surface area contributed by atoms with E-state index in [1.165, 1.54) is 14.0 Å². The van der Waals surface area contributed by atoms with E-state index in [0.717, 1.165) is 0 Å². The lowest BCUT2D eigenvalue weighted by atomic mass is 10.2. The van der Waals surface area contributed by atoms with Gasteiger partial charge >= 0.3 is 5.97 Å². The smallest absolute Gasteiger partial charge is 0.308 e. The summed E-state index contributed by atoms with van der Waals surface area (Å²) in [5.74, 6) is 1.57. The van der Waals surface area contributed by atoms with E-state index in [0.29, 0.717) is 0 Å². The second-order valence-electron chi connectivity index (χ2n) is 2.20. The first-order valence-corrected chi connectivity index (χ1v) is 3.40. The number of amides is 1. The Bertz CT molecular complexity index is 217. The number of terminal acetylenes is 1. The van der Waals surface area contributed by atoms with Gasteiger partial charge in [0.2, 0.25) is 5.91 Å². The molecule has 0 saturated carbocycles. The van der Waals surface area contributed by atoms with Crippen molar-refractivity contribution in [2.75, 3.05) is 7.11 Å². The van der Waals surface area contributed by atoms with Crippen LogP contribution in [-0.4, -0.2) is 25.0 Å². The molecule has 0 saturated heterocycles. The largest absolute Gasteiger partial charge is 0.469 e. The molecule has 4 nitrogen and oxygen atoms in total. The molecule has 0 aliphatic carbocycles. The third kappa shape index (κ3) is 4.34. The minimum atomic E-state index is -0.574. The highest BCUT2D eigenvalue weighted by molar-refractivity contribution is 5.76. The molecular formula is C8H11NO3. The minimum absolute atomic E-state index is 0.00653. The summed E-state index contributed by atoms with van der Waals surface area (Å²) < 4.78 is 4.38. The first-order valence-electron chi connectivity index (χ1n) is 3.40. The van der Waals surface area contributed by atoms with Crippen LogP contribution in [0.5, 0.6) is 0 Å². The number of hydrogen-bond donors (Lipinski definition) is 1. The van der Waals surface area contributed by atoms with E-state index in [4.69, 9.17) is 6.42 Å². The van der Waals surface area contributed by atoms with Crippen molar-refractivity contribution in [1.82, 2.24) is 5.32 Å². The lowest BCUT2D eigenvalue weighted by molar-refractivity contribution is -0.140. The van der Waals surface area contributed by atoms with Crippen molar-refractivity contribution in [3.63, 3.8) is 0 Å². The third-order valence-electron chi connectivity index (χ3n) is 1.18. The van der Waals surface area contributed by atoms with Gasteiger partial charge in [-0.3, -0.25) is 9.59 Å². The monoisotopic (exact) mass is 169 g/mol. The van der Waals surface area contributed by atoms with Crippen molar-refractivity contribution in [3.8, 4) is 12.3 Å². The molecule has 1 atom stereocenters. The molecule has 0 spiro atoms. The average Bonchev–Trinajstić information content (AvgIpc) is 2.02. The molecule has 0 rings (SSSR count). The maximum Gasteiger partial charge on any atom is 0.308 e. The van der Waals surface area contributed by atoms with Gasteiger partial charge in [0.25, 0.3) is 0 Å². The number of esters is 1. The van der Waals surface area contributed by atoms with Gasteiger partial charge in [0.15, 0.2) is 0 Å². The van der Waals surface area contributed by atoms with E-state index in [1.54, 1.807) is 0 Å². The summed E-state index contributed by atoms with van der Waals surface area (Å²) in [6.45, 7) is 1.33. The summed E-state index contributed by atoms with van der Waals surface area (Å²) in [6, 6.07) is -0.574. The number of carbonyl (C=O) groups is 2. The van der Waals surface area contributed by atoms with Crippen LogP contribution in [-0.2, 0) is 14.3 Å². The van der Waals surface area contributed by atoms with Crippen LogP contribution >= 0.6 is 0 Å². The van der Waals surface area contributed by atoms with Gasteiger partial charge in [0, 0.05) is 6.92 Å². The Balaban J connectivity index is 3.93. The molecule has 0 fully saturated rings. The fourth-order valence-electron chi connectivity index (χ4n) is 0.647. The fourth-order valence-corrected chi connectivity index (χ4v) is 0.647. The van der Waals surface area contributed by atoms with E-state index in [1.807, 2.05) is 0 Å². The molecule has 0 radical (unpaired) electrons. The molecule has 0 unspecified atom stereocenters. The van der Waals surface area contributed by atoms with Gasteiger partial charge in [-0.15, -0.1) is 6.42 Å². The van der Waals surface area contributed by atoms with Gasteiger partial charge in [0.05, 0.1) is 13.5 Å². The summed E-state index contributed by atoms with van der Waals surface area (Å²) in [6.07, 6.45) is 5.06. The summed E-state index contributed by atoms with van der Waals surface area (Å²) in [5.41, 5.74) is 0. The fraction of sp³-hybridized carbons (Fsp3) is 0.500. The van der Waals surface area contributed by atoms with E-state index >= 15 is 0 Å². The molecule has 4 heteroatoms. The molecule has 0 aliphatic rings. The number of hydrogen-bond acceptors (Lipinski definition) is 3. The molecule has 1 amide bonds. The Morgan fingerprint density at radius 1 is 1.67 bits per heavy atom. The number of methoxy groups -OCH3 is 1. The normalized spacial score (nSPS) is 11.1. The lowest BCUT2D eigenvalue weighted by Crippen LogP contribution is -2.33. The highest BCUT2D eigenvalue weighted by Gasteiger charge is 2.11. The average molecular weight is 169 g/mol. The molecule has 0 bridgehead atoms. The Labute approximate surface area is 71.3 Å². The van der Waals surface area contributed by atoms with E-state index < -0.39 is 12.0 Å². The van der Waals surface area contributed by atoms with Crippen LogP contribution in [0.25, 0.3) is 0 Å². The van der Waals surface area contributed by atoms with Crippen LogP contribution < -0.4 is 5.32 Å². The van der Waals surface area contributed by atoms with Crippen molar-refractivity contribution in [3.05, 3.63) is 0 Å². The van der Waals surface area contributed by atoms with Gasteiger partial charge in [-0.2, -0.15) is 0 Å². The van der Waals surface area contributed by atoms with Crippen LogP contribution in [0.15, 0.2) is 0 Å². The van der Waals surface area contributed by atoms with Crippen LogP contribution in [0.4, 0.5) is 0 Å². The van der Waals surface area contributed by atoms with Crippen LogP contribution in [0.1, 0.15) is 13.3 Å². The predicted octanol–water partition coefficient (Wildman–Crippen LogP) is -0.313. The topological polar surface area (TPSA) is 55.4 Å². The zero-order valence-electron chi connectivity index (χ0n) is 7.09. The predicted molar refractivity (Wildman–Crippen MR) is 43.1 cm³/mol. The minimum Gasteiger partial charge on any atom is -0.469 e. The molecule has 1 N–H and O–H groups in total. The summed E-state index contributed by atoms with van der Waals surface area (Å²) >= 11 is 0. The molecular weight excluding hydrogens is 158 g/mol. The van der Waals surface area contributed by atoms with Gasteiger partial charge in [0.1, 0.15) is 6.04 Å². The molecule has 0 heterocycles. The van der Waals surface area contributed by atoms with Crippen molar-refractivity contribution < 1.29 is 14.3 Å². The number of carbonyl (C=O) groups excluding carboxylic acids is 2. The van der Waals surface area contributed by atoms with Gasteiger partial charge in [-0.25, -0.2) is 0 Å². The second-order valence-corrected chi connectivity index (χ2v) is 2.20. The highest BCUT2D eigenvalue weighted by atomic mass is 16.5. The molecule has 0 aliphatic heterocycles. The van der Waals surface area contributed by atoms with Crippen molar-refractivity contribution in [2.24, 2.45) is 0 Å². The van der Waals surface area contributed by atoms with Gasteiger partial charge in [-0.1, -0.05) is 5.92 Å². The van der Waals surface area contributed by atoms with E-state index in [9.17, 15) is 9.59 Å². The van der Waals surface area contributed by atoms with E-state index in [-0.39, 0.29) is 12.3 Å². The first-order chi connectivity index (χ1) is 5.60. The Hall–Kier alpha value is -1.50. The van der Waals surface area contributed by atoms with Crippen molar-refractivity contribution >= 4 is 11.9 Å². The zero-order chi connectivity index (χ0) is 9.56. The third-order valence-corrected chi connectivity index (χ3v) is 1.18. The standard InChI is InChI=1S/C8H11NO3/c1-4-7(9-6(2)10)5-8(11)12-3/h1,7H,5H2,2-3H3,(H,9,10)/t7-/m0/s1. The second kappa shape index (κ2) is 5.19. The Morgan fingerprint density at radius 2 is 2.25 bits per heavy atom. The summed E-state index contributed by atoms with van der Waals surface area (Å²) in [5, 5.41) is 2.42. The SMILES string of the molecule is C#C[C@@H](CC(=O)OC)NC(C)=O. The highest BCUT2D eigenvalue weighted by Crippen LogP contribution is 1.92. The van der Waals surface area contributed by atoms with Crippen molar-refractivity contribution in [2.45, 2.75) is 19.4 Å². The Kier molecular flexibility index (Phi) is 4.54.